The summed E-state index contributed by atoms with van der Waals surface area (Å²) in [5.74, 6) is -0.902. The summed E-state index contributed by atoms with van der Waals surface area (Å²) < 4.78 is 19.2. The third kappa shape index (κ3) is 4.09. The summed E-state index contributed by atoms with van der Waals surface area (Å²) >= 11 is 5.94. The van der Waals surface area contributed by atoms with Gasteiger partial charge in [-0.25, -0.2) is 9.18 Å². The van der Waals surface area contributed by atoms with Crippen LogP contribution in [0.5, 0.6) is 5.75 Å². The van der Waals surface area contributed by atoms with E-state index in [0.29, 0.717) is 16.3 Å². The number of carbonyl (C=O) groups is 1. The van der Waals surface area contributed by atoms with Gasteiger partial charge < -0.3 is 9.84 Å². The molecule has 0 radical (unpaired) electrons. The van der Waals surface area contributed by atoms with Crippen LogP contribution in [-0.4, -0.2) is 11.1 Å². The van der Waals surface area contributed by atoms with E-state index >= 15 is 0 Å². The topological polar surface area (TPSA) is 46.5 Å². The molecule has 0 atom stereocenters. The largest absolute Gasteiger partial charge is 0.489 e. The lowest BCUT2D eigenvalue weighted by atomic mass is 10.1. The summed E-state index contributed by atoms with van der Waals surface area (Å²) in [6.45, 7) is 1.51. The number of halogens is 2. The van der Waals surface area contributed by atoms with E-state index in [1.807, 2.05) is 0 Å². The number of ether oxygens (including phenoxy) is 1. The minimum absolute atomic E-state index is 0.00339. The molecule has 5 heteroatoms. The molecular weight excluding hydrogens is 307 g/mol. The van der Waals surface area contributed by atoms with Crippen LogP contribution in [0, 0.1) is 5.82 Å². The molecular formula is C17H14ClFO3. The fourth-order valence-electron chi connectivity index (χ4n) is 1.83. The zero-order chi connectivity index (χ0) is 16.1. The quantitative estimate of drug-likeness (QED) is 0.822. The highest BCUT2D eigenvalue weighted by Crippen LogP contribution is 2.22. The molecule has 0 aromatic heterocycles. The summed E-state index contributed by atoms with van der Waals surface area (Å²) in [6.07, 6.45) is 1.53. The van der Waals surface area contributed by atoms with E-state index in [9.17, 15) is 9.18 Å². The Morgan fingerprint density at radius 1 is 1.32 bits per heavy atom. The molecule has 0 aliphatic rings. The molecule has 22 heavy (non-hydrogen) atoms. The Balaban J connectivity index is 2.14. The first-order valence-corrected chi connectivity index (χ1v) is 6.92. The molecule has 0 fully saturated rings. The average Bonchev–Trinajstić information content (AvgIpc) is 2.47. The van der Waals surface area contributed by atoms with E-state index in [0.717, 1.165) is 0 Å². The maximum Gasteiger partial charge on any atom is 0.331 e. The second kappa shape index (κ2) is 7.09. The Morgan fingerprint density at radius 2 is 2.05 bits per heavy atom. The number of rotatable bonds is 5. The van der Waals surface area contributed by atoms with Crippen molar-refractivity contribution in [3.05, 3.63) is 70.0 Å². The molecule has 0 aliphatic carbocycles. The lowest BCUT2D eigenvalue weighted by Gasteiger charge is -2.09. The Hall–Kier alpha value is -2.33. The summed E-state index contributed by atoms with van der Waals surface area (Å²) in [7, 11) is 0. The molecule has 0 spiro atoms. The molecule has 0 unspecified atom stereocenters. The van der Waals surface area contributed by atoms with E-state index in [1.165, 1.54) is 25.1 Å². The van der Waals surface area contributed by atoms with Gasteiger partial charge in [0.25, 0.3) is 0 Å². The van der Waals surface area contributed by atoms with Gasteiger partial charge in [-0.15, -0.1) is 0 Å². The molecule has 0 aliphatic heterocycles. The van der Waals surface area contributed by atoms with Gasteiger partial charge in [0.15, 0.2) is 0 Å². The Kier molecular flexibility index (Phi) is 5.17. The van der Waals surface area contributed by atoms with Gasteiger partial charge in [0.05, 0.1) is 5.02 Å². The first-order chi connectivity index (χ1) is 10.5. The minimum atomic E-state index is -0.982. The highest BCUT2D eigenvalue weighted by Gasteiger charge is 2.08. The van der Waals surface area contributed by atoms with Crippen molar-refractivity contribution in [2.45, 2.75) is 13.5 Å². The van der Waals surface area contributed by atoms with Crippen LogP contribution in [0.2, 0.25) is 5.02 Å². The van der Waals surface area contributed by atoms with Crippen LogP contribution in [0.25, 0.3) is 6.08 Å². The van der Waals surface area contributed by atoms with Gasteiger partial charge in [0, 0.05) is 11.1 Å². The smallest absolute Gasteiger partial charge is 0.331 e. The van der Waals surface area contributed by atoms with Crippen molar-refractivity contribution in [2.75, 3.05) is 0 Å². The molecule has 2 aromatic carbocycles. The van der Waals surface area contributed by atoms with E-state index < -0.39 is 11.8 Å². The van der Waals surface area contributed by atoms with Crippen LogP contribution < -0.4 is 4.74 Å². The maximum atomic E-state index is 13.7. The maximum absolute atomic E-state index is 13.7. The molecule has 2 rings (SSSR count). The molecule has 0 saturated carbocycles. The molecule has 3 nitrogen and oxygen atoms in total. The Labute approximate surface area is 132 Å². The van der Waals surface area contributed by atoms with Crippen LogP contribution in [0.4, 0.5) is 4.39 Å². The van der Waals surface area contributed by atoms with Crippen molar-refractivity contribution in [3.63, 3.8) is 0 Å². The molecule has 0 saturated heterocycles. The van der Waals surface area contributed by atoms with Gasteiger partial charge in [0.2, 0.25) is 0 Å². The van der Waals surface area contributed by atoms with Crippen LogP contribution >= 0.6 is 11.6 Å². The molecule has 114 valence electrons. The number of carboxylic acids is 1. The fourth-order valence-corrected chi connectivity index (χ4v) is 2.05. The highest BCUT2D eigenvalue weighted by atomic mass is 35.5. The minimum Gasteiger partial charge on any atom is -0.489 e. The number of carboxylic acid groups (broad SMARTS) is 1. The molecule has 2 aromatic rings. The Morgan fingerprint density at radius 3 is 2.73 bits per heavy atom. The first kappa shape index (κ1) is 16.0. The van der Waals surface area contributed by atoms with Crippen molar-refractivity contribution in [1.29, 1.82) is 0 Å². The molecule has 0 heterocycles. The van der Waals surface area contributed by atoms with Gasteiger partial charge in [-0.3, -0.25) is 0 Å². The zero-order valence-electron chi connectivity index (χ0n) is 11.8. The lowest BCUT2D eigenvalue weighted by Crippen LogP contribution is -2.00. The van der Waals surface area contributed by atoms with Crippen molar-refractivity contribution >= 4 is 23.6 Å². The van der Waals surface area contributed by atoms with Gasteiger partial charge >= 0.3 is 5.97 Å². The number of hydrogen-bond acceptors (Lipinski definition) is 2. The summed E-state index contributed by atoms with van der Waals surface area (Å²) in [6, 6.07) is 11.3. The van der Waals surface area contributed by atoms with Crippen LogP contribution in [0.1, 0.15) is 18.1 Å². The molecule has 0 bridgehead atoms. The SMILES string of the molecule is C/C(=C\c1cccc(OCc2c(F)cccc2Cl)c1)C(=O)O. The predicted octanol–water partition coefficient (Wildman–Crippen LogP) is 4.55. The zero-order valence-corrected chi connectivity index (χ0v) is 12.6. The summed E-state index contributed by atoms with van der Waals surface area (Å²) in [5, 5.41) is 9.17. The predicted molar refractivity (Wildman–Crippen MR) is 83.5 cm³/mol. The third-order valence-electron chi connectivity index (χ3n) is 3.02. The second-order valence-electron chi connectivity index (χ2n) is 4.69. The third-order valence-corrected chi connectivity index (χ3v) is 3.38. The normalized spacial score (nSPS) is 11.3. The lowest BCUT2D eigenvalue weighted by molar-refractivity contribution is -0.132. The summed E-state index contributed by atoms with van der Waals surface area (Å²) in [5.41, 5.74) is 1.19. The van der Waals surface area contributed by atoms with E-state index in [-0.39, 0.29) is 17.7 Å². The van der Waals surface area contributed by atoms with E-state index in [4.69, 9.17) is 21.4 Å². The van der Waals surface area contributed by atoms with Crippen LogP contribution in [0.3, 0.4) is 0 Å². The first-order valence-electron chi connectivity index (χ1n) is 6.54. The second-order valence-corrected chi connectivity index (χ2v) is 5.10. The van der Waals surface area contributed by atoms with Crippen molar-refractivity contribution in [3.8, 4) is 5.75 Å². The fraction of sp³-hybridized carbons (Fsp3) is 0.118. The Bertz CT molecular complexity index is 705. The number of aliphatic carboxylic acids is 1. The van der Waals surface area contributed by atoms with E-state index in [2.05, 4.69) is 0 Å². The van der Waals surface area contributed by atoms with Crippen molar-refractivity contribution in [1.82, 2.24) is 0 Å². The summed E-state index contributed by atoms with van der Waals surface area (Å²) in [4.78, 5) is 10.8. The number of hydrogen-bond donors (Lipinski definition) is 1. The molecule has 1 N–H and O–H groups in total. The number of benzene rings is 2. The standard InChI is InChI=1S/C17H14ClFO3/c1-11(17(20)21)8-12-4-2-5-13(9-12)22-10-14-15(18)6-3-7-16(14)19/h2-9H,10H2,1H3,(H,20,21)/b11-8+. The average molecular weight is 321 g/mol. The monoisotopic (exact) mass is 320 g/mol. The van der Waals surface area contributed by atoms with Gasteiger partial charge in [-0.1, -0.05) is 29.8 Å². The van der Waals surface area contributed by atoms with Gasteiger partial charge in [0.1, 0.15) is 18.2 Å². The van der Waals surface area contributed by atoms with Crippen LogP contribution in [-0.2, 0) is 11.4 Å². The van der Waals surface area contributed by atoms with Crippen LogP contribution in [0.15, 0.2) is 48.0 Å². The van der Waals surface area contributed by atoms with Crippen molar-refractivity contribution in [2.24, 2.45) is 0 Å². The van der Waals surface area contributed by atoms with Gasteiger partial charge in [-0.05, 0) is 42.8 Å². The van der Waals surface area contributed by atoms with Gasteiger partial charge in [-0.2, -0.15) is 0 Å². The highest BCUT2D eigenvalue weighted by molar-refractivity contribution is 6.31. The van der Waals surface area contributed by atoms with E-state index in [1.54, 1.807) is 30.3 Å². The van der Waals surface area contributed by atoms with Crippen molar-refractivity contribution < 1.29 is 19.0 Å². The molecule has 0 amide bonds.